The highest BCUT2D eigenvalue weighted by atomic mass is 16.3. The number of phenols is 1. The fourth-order valence-corrected chi connectivity index (χ4v) is 4.41. The molecule has 0 atom stereocenters. The summed E-state index contributed by atoms with van der Waals surface area (Å²) in [4.78, 5) is 0. The molecule has 0 aliphatic heterocycles. The quantitative estimate of drug-likeness (QED) is 0.226. The monoisotopic (exact) mass is 407 g/mol. The number of hydrogen-bond donors (Lipinski definition) is 2. The fraction of sp³-hybridized carbons (Fsp3) is 0.172. The zero-order chi connectivity index (χ0) is 22.1. The van der Waals surface area contributed by atoms with Crippen molar-refractivity contribution in [2.75, 3.05) is 5.73 Å². The number of rotatable bonds is 4. The van der Waals surface area contributed by atoms with Gasteiger partial charge in [0, 0.05) is 5.56 Å². The molecule has 0 aliphatic rings. The van der Waals surface area contributed by atoms with Crippen LogP contribution in [-0.2, 0) is 10.8 Å². The predicted octanol–water partition coefficient (Wildman–Crippen LogP) is 6.65. The van der Waals surface area contributed by atoms with Crippen molar-refractivity contribution in [3.63, 3.8) is 0 Å². The number of anilines is 1. The first-order chi connectivity index (χ1) is 14.8. The van der Waals surface area contributed by atoms with Gasteiger partial charge in [0.25, 0.3) is 0 Å². The van der Waals surface area contributed by atoms with Crippen molar-refractivity contribution in [2.45, 2.75) is 31.6 Å². The van der Waals surface area contributed by atoms with Crippen LogP contribution in [0.1, 0.15) is 48.6 Å². The average Bonchev–Trinajstić information content (AvgIpc) is 2.78. The lowest BCUT2D eigenvalue weighted by molar-refractivity contribution is 0.461. The molecule has 2 heteroatoms. The zero-order valence-electron chi connectivity index (χ0n) is 18.3. The highest BCUT2D eigenvalue weighted by Crippen LogP contribution is 2.50. The Morgan fingerprint density at radius 1 is 0.581 bits per heavy atom. The van der Waals surface area contributed by atoms with Crippen molar-refractivity contribution in [3.05, 3.63) is 131 Å². The van der Waals surface area contributed by atoms with E-state index in [0.717, 1.165) is 27.8 Å². The summed E-state index contributed by atoms with van der Waals surface area (Å²) < 4.78 is 0. The smallest absolute Gasteiger partial charge is 0.143 e. The molecule has 156 valence electrons. The Labute approximate surface area is 185 Å². The largest absolute Gasteiger partial charge is 0.505 e. The second kappa shape index (κ2) is 7.96. The van der Waals surface area contributed by atoms with Crippen LogP contribution in [0.25, 0.3) is 0 Å². The van der Waals surface area contributed by atoms with Gasteiger partial charge in [0.2, 0.25) is 0 Å². The van der Waals surface area contributed by atoms with Gasteiger partial charge in [-0.1, -0.05) is 112 Å². The Hall–Kier alpha value is -3.52. The van der Waals surface area contributed by atoms with Gasteiger partial charge in [0.1, 0.15) is 5.75 Å². The molecule has 0 fully saturated rings. The topological polar surface area (TPSA) is 46.2 Å². The molecule has 0 unspecified atom stereocenters. The Morgan fingerprint density at radius 2 is 0.968 bits per heavy atom. The minimum Gasteiger partial charge on any atom is -0.505 e. The normalized spacial score (nSPS) is 12.0. The van der Waals surface area contributed by atoms with Crippen LogP contribution in [-0.4, -0.2) is 5.11 Å². The summed E-state index contributed by atoms with van der Waals surface area (Å²) in [6.07, 6.45) is 0. The van der Waals surface area contributed by atoms with Crippen molar-refractivity contribution in [1.29, 1.82) is 0 Å². The second-order valence-corrected chi connectivity index (χ2v) is 9.06. The van der Waals surface area contributed by atoms with Gasteiger partial charge in [-0.05, 0) is 39.8 Å². The molecular formula is C29H29NO. The molecule has 0 spiro atoms. The van der Waals surface area contributed by atoms with Crippen LogP contribution in [0.4, 0.5) is 5.69 Å². The third-order valence-electron chi connectivity index (χ3n) is 6.03. The van der Waals surface area contributed by atoms with Crippen LogP contribution in [0.5, 0.6) is 5.75 Å². The molecule has 0 amide bonds. The van der Waals surface area contributed by atoms with Gasteiger partial charge in [-0.2, -0.15) is 0 Å². The molecule has 4 rings (SSSR count). The van der Waals surface area contributed by atoms with Crippen molar-refractivity contribution in [2.24, 2.45) is 0 Å². The second-order valence-electron chi connectivity index (χ2n) is 9.06. The molecule has 0 saturated heterocycles. The molecule has 0 radical (unpaired) electrons. The van der Waals surface area contributed by atoms with Gasteiger partial charge < -0.3 is 10.8 Å². The lowest BCUT2D eigenvalue weighted by Crippen LogP contribution is -2.32. The van der Waals surface area contributed by atoms with E-state index >= 15 is 0 Å². The number of phenolic OH excluding ortho intramolecular Hbond substituents is 1. The first-order valence-electron chi connectivity index (χ1n) is 10.6. The molecule has 0 saturated carbocycles. The Kier molecular flexibility index (Phi) is 5.32. The molecule has 0 heterocycles. The Morgan fingerprint density at radius 3 is 1.32 bits per heavy atom. The fourth-order valence-electron chi connectivity index (χ4n) is 4.41. The van der Waals surface area contributed by atoms with Crippen LogP contribution in [0.15, 0.2) is 103 Å². The maximum atomic E-state index is 11.4. The number of nitrogen functional groups attached to an aromatic ring is 1. The summed E-state index contributed by atoms with van der Waals surface area (Å²) >= 11 is 0. The van der Waals surface area contributed by atoms with Crippen LogP contribution in [0, 0.1) is 0 Å². The lowest BCUT2D eigenvalue weighted by Gasteiger charge is -2.38. The first-order valence-corrected chi connectivity index (χ1v) is 10.6. The molecular weight excluding hydrogens is 378 g/mol. The van der Waals surface area contributed by atoms with E-state index in [1.807, 2.05) is 60.7 Å². The highest BCUT2D eigenvalue weighted by molar-refractivity contribution is 5.69. The van der Waals surface area contributed by atoms with E-state index in [9.17, 15) is 5.11 Å². The van der Waals surface area contributed by atoms with Crippen molar-refractivity contribution in [3.8, 4) is 5.75 Å². The molecule has 4 aromatic rings. The summed E-state index contributed by atoms with van der Waals surface area (Å²) in [5.41, 5.74) is 11.1. The van der Waals surface area contributed by atoms with Gasteiger partial charge in [-0.15, -0.1) is 0 Å². The lowest BCUT2D eigenvalue weighted by atomic mass is 9.64. The third-order valence-corrected chi connectivity index (χ3v) is 6.03. The average molecular weight is 408 g/mol. The first kappa shape index (κ1) is 20.7. The molecule has 31 heavy (non-hydrogen) atoms. The van der Waals surface area contributed by atoms with Crippen LogP contribution >= 0.6 is 0 Å². The molecule has 4 aromatic carbocycles. The van der Waals surface area contributed by atoms with Crippen LogP contribution in [0.2, 0.25) is 0 Å². The van der Waals surface area contributed by atoms with Crippen molar-refractivity contribution < 1.29 is 5.11 Å². The van der Waals surface area contributed by atoms with Gasteiger partial charge in [-0.3, -0.25) is 0 Å². The number of benzene rings is 4. The highest BCUT2D eigenvalue weighted by Gasteiger charge is 2.41. The SMILES string of the molecule is CC(C)(C)c1cc(N)c(O)c(C(c2ccccc2)(c2ccccc2)c2ccccc2)c1. The summed E-state index contributed by atoms with van der Waals surface area (Å²) in [5, 5.41) is 11.4. The Bertz CT molecular complexity index is 1060. The predicted molar refractivity (Wildman–Crippen MR) is 130 cm³/mol. The van der Waals surface area contributed by atoms with E-state index in [1.54, 1.807) is 0 Å². The standard InChI is InChI=1S/C29H29NO/c1-28(2,3)24-19-25(27(31)26(30)20-24)29(21-13-7-4-8-14-21,22-15-9-5-10-16-22)23-17-11-6-12-18-23/h4-20,31H,30H2,1-3H3. The van der Waals surface area contributed by atoms with Gasteiger partial charge in [-0.25, -0.2) is 0 Å². The van der Waals surface area contributed by atoms with Crippen molar-refractivity contribution >= 4 is 5.69 Å². The molecule has 2 nitrogen and oxygen atoms in total. The van der Waals surface area contributed by atoms with Crippen LogP contribution in [0.3, 0.4) is 0 Å². The maximum Gasteiger partial charge on any atom is 0.143 e. The van der Waals surface area contributed by atoms with E-state index < -0.39 is 5.41 Å². The number of hydrogen-bond acceptors (Lipinski definition) is 2. The maximum absolute atomic E-state index is 11.4. The van der Waals surface area contributed by atoms with Gasteiger partial charge >= 0.3 is 0 Å². The van der Waals surface area contributed by atoms with E-state index in [0.29, 0.717) is 5.69 Å². The van der Waals surface area contributed by atoms with E-state index in [-0.39, 0.29) is 11.2 Å². The summed E-state index contributed by atoms with van der Waals surface area (Å²) in [6.45, 7) is 6.49. The van der Waals surface area contributed by atoms with Gasteiger partial charge in [0.15, 0.2) is 0 Å². The zero-order valence-corrected chi connectivity index (χ0v) is 18.3. The summed E-state index contributed by atoms with van der Waals surface area (Å²) in [6, 6.07) is 35.1. The number of aromatic hydroxyl groups is 1. The number of nitrogens with two attached hydrogens (primary N) is 1. The third kappa shape index (κ3) is 3.59. The minimum absolute atomic E-state index is 0.119. The molecule has 0 aliphatic carbocycles. The van der Waals surface area contributed by atoms with E-state index in [2.05, 4.69) is 63.2 Å². The van der Waals surface area contributed by atoms with Crippen LogP contribution < -0.4 is 5.73 Å². The summed E-state index contributed by atoms with van der Waals surface area (Å²) in [7, 11) is 0. The molecule has 0 bridgehead atoms. The van der Waals surface area contributed by atoms with Gasteiger partial charge in [0.05, 0.1) is 11.1 Å². The van der Waals surface area contributed by atoms with Crippen molar-refractivity contribution in [1.82, 2.24) is 0 Å². The van der Waals surface area contributed by atoms with E-state index in [4.69, 9.17) is 5.73 Å². The minimum atomic E-state index is -0.719. The summed E-state index contributed by atoms with van der Waals surface area (Å²) in [5.74, 6) is 0.129. The Balaban J connectivity index is 2.21. The molecule has 0 aromatic heterocycles. The van der Waals surface area contributed by atoms with E-state index in [1.165, 1.54) is 0 Å². The molecule has 3 N–H and O–H groups in total.